The Morgan fingerprint density at radius 2 is 2.19 bits per heavy atom. The quantitative estimate of drug-likeness (QED) is 0.872. The summed E-state index contributed by atoms with van der Waals surface area (Å²) in [5.41, 5.74) is 0.0957. The Kier molecular flexibility index (Phi) is 4.62. The minimum atomic E-state index is -2.61. The topological polar surface area (TPSA) is 59.0 Å². The fraction of sp³-hybridized carbons (Fsp3) is 0.500. The summed E-state index contributed by atoms with van der Waals surface area (Å²) in [6, 6.07) is 4.27. The Labute approximate surface area is 121 Å². The van der Waals surface area contributed by atoms with Crippen molar-refractivity contribution in [3.8, 4) is 11.5 Å². The summed E-state index contributed by atoms with van der Waals surface area (Å²) in [6.07, 6.45) is -0.121. The Bertz CT molecular complexity index is 522. The van der Waals surface area contributed by atoms with Gasteiger partial charge in [-0.15, -0.1) is 0 Å². The normalized spacial score (nSPS) is 17.7. The van der Waals surface area contributed by atoms with Crippen molar-refractivity contribution in [2.24, 2.45) is 0 Å². The first-order valence-corrected chi connectivity index (χ1v) is 6.55. The van der Waals surface area contributed by atoms with E-state index in [0.29, 0.717) is 24.6 Å². The van der Waals surface area contributed by atoms with E-state index < -0.39 is 11.9 Å². The standard InChI is InChI=1S/C14H17F2NO4/c1-20-12-8-10(13(18)19)2-3-11(12)21-7-6-17-5-4-14(15,16)9-17/h2-3,8H,4-7,9H2,1H3,(H,18,19). The number of halogens is 2. The summed E-state index contributed by atoms with van der Waals surface area (Å²) < 4.78 is 36.6. The van der Waals surface area contributed by atoms with Crippen LogP contribution in [-0.2, 0) is 0 Å². The zero-order chi connectivity index (χ0) is 15.5. The summed E-state index contributed by atoms with van der Waals surface area (Å²) in [6.45, 7) is 0.731. The third kappa shape index (κ3) is 4.04. The summed E-state index contributed by atoms with van der Waals surface area (Å²) in [4.78, 5) is 12.5. The second kappa shape index (κ2) is 6.26. The van der Waals surface area contributed by atoms with Crippen LogP contribution >= 0.6 is 0 Å². The molecule has 1 saturated heterocycles. The molecule has 21 heavy (non-hydrogen) atoms. The highest BCUT2D eigenvalue weighted by Crippen LogP contribution is 2.29. The van der Waals surface area contributed by atoms with Crippen LogP contribution in [0, 0.1) is 0 Å². The lowest BCUT2D eigenvalue weighted by Crippen LogP contribution is -2.29. The molecule has 0 spiro atoms. The van der Waals surface area contributed by atoms with Crippen LogP contribution in [0.3, 0.4) is 0 Å². The highest BCUT2D eigenvalue weighted by molar-refractivity contribution is 5.88. The minimum Gasteiger partial charge on any atom is -0.493 e. The van der Waals surface area contributed by atoms with Crippen LogP contribution in [-0.4, -0.2) is 55.2 Å². The largest absolute Gasteiger partial charge is 0.493 e. The molecule has 116 valence electrons. The average Bonchev–Trinajstić information content (AvgIpc) is 2.78. The maximum absolute atomic E-state index is 13.0. The van der Waals surface area contributed by atoms with Gasteiger partial charge in [-0.3, -0.25) is 4.90 Å². The summed E-state index contributed by atoms with van der Waals surface area (Å²) in [5.74, 6) is -2.96. The highest BCUT2D eigenvalue weighted by Gasteiger charge is 2.37. The van der Waals surface area contributed by atoms with E-state index in [1.165, 1.54) is 25.3 Å². The molecule has 5 nitrogen and oxygen atoms in total. The van der Waals surface area contributed by atoms with Gasteiger partial charge in [0.05, 0.1) is 19.2 Å². The lowest BCUT2D eigenvalue weighted by molar-refractivity contribution is 0.0112. The number of aromatic carboxylic acids is 1. The van der Waals surface area contributed by atoms with Gasteiger partial charge >= 0.3 is 5.97 Å². The zero-order valence-electron chi connectivity index (χ0n) is 11.6. The number of carboxylic acid groups (broad SMARTS) is 1. The van der Waals surface area contributed by atoms with E-state index in [1.54, 1.807) is 4.90 Å². The van der Waals surface area contributed by atoms with E-state index in [-0.39, 0.29) is 25.1 Å². The molecule has 1 aliphatic rings. The average molecular weight is 301 g/mol. The smallest absolute Gasteiger partial charge is 0.335 e. The van der Waals surface area contributed by atoms with Crippen molar-refractivity contribution in [2.75, 3.05) is 33.4 Å². The third-order valence-corrected chi connectivity index (χ3v) is 3.32. The van der Waals surface area contributed by atoms with Crippen LogP contribution in [0.5, 0.6) is 11.5 Å². The van der Waals surface area contributed by atoms with E-state index in [1.807, 2.05) is 0 Å². The second-order valence-corrected chi connectivity index (χ2v) is 4.90. The van der Waals surface area contributed by atoms with Crippen LogP contribution in [0.1, 0.15) is 16.8 Å². The van der Waals surface area contributed by atoms with Crippen molar-refractivity contribution in [3.63, 3.8) is 0 Å². The van der Waals surface area contributed by atoms with Gasteiger partial charge in [0.1, 0.15) is 6.61 Å². The van der Waals surface area contributed by atoms with E-state index in [4.69, 9.17) is 14.6 Å². The molecule has 0 amide bonds. The molecule has 1 aliphatic heterocycles. The summed E-state index contributed by atoms with van der Waals surface area (Å²) in [5, 5.41) is 8.89. The number of hydrogen-bond donors (Lipinski definition) is 1. The predicted octanol–water partition coefficient (Wildman–Crippen LogP) is 2.11. The maximum Gasteiger partial charge on any atom is 0.335 e. The highest BCUT2D eigenvalue weighted by atomic mass is 19.3. The number of carboxylic acids is 1. The van der Waals surface area contributed by atoms with Crippen molar-refractivity contribution in [1.29, 1.82) is 0 Å². The molecule has 0 radical (unpaired) electrons. The molecular formula is C14H17F2NO4. The Morgan fingerprint density at radius 3 is 2.76 bits per heavy atom. The Morgan fingerprint density at radius 1 is 1.43 bits per heavy atom. The van der Waals surface area contributed by atoms with Crippen molar-refractivity contribution in [1.82, 2.24) is 4.90 Å². The number of carbonyl (C=O) groups is 1. The van der Waals surface area contributed by atoms with Crippen LogP contribution in [0.15, 0.2) is 18.2 Å². The lowest BCUT2D eigenvalue weighted by atomic mass is 10.2. The monoisotopic (exact) mass is 301 g/mol. The third-order valence-electron chi connectivity index (χ3n) is 3.32. The van der Waals surface area contributed by atoms with Crippen LogP contribution in [0.4, 0.5) is 8.78 Å². The van der Waals surface area contributed by atoms with Crippen molar-refractivity contribution in [3.05, 3.63) is 23.8 Å². The number of ether oxygens (including phenoxy) is 2. The minimum absolute atomic E-state index is 0.0957. The number of benzene rings is 1. The van der Waals surface area contributed by atoms with Crippen molar-refractivity contribution >= 4 is 5.97 Å². The first-order valence-electron chi connectivity index (χ1n) is 6.55. The van der Waals surface area contributed by atoms with Crippen molar-refractivity contribution < 1.29 is 28.2 Å². The molecule has 0 saturated carbocycles. The van der Waals surface area contributed by atoms with Gasteiger partial charge in [0.2, 0.25) is 0 Å². The maximum atomic E-state index is 13.0. The Hall–Kier alpha value is -1.89. The molecule has 1 fully saturated rings. The second-order valence-electron chi connectivity index (χ2n) is 4.90. The first kappa shape index (κ1) is 15.5. The number of alkyl halides is 2. The molecule has 0 bridgehead atoms. The fourth-order valence-electron chi connectivity index (χ4n) is 2.20. The molecule has 1 heterocycles. The lowest BCUT2D eigenvalue weighted by Gasteiger charge is -2.17. The molecule has 0 unspecified atom stereocenters. The molecule has 1 aromatic carbocycles. The number of hydrogen-bond acceptors (Lipinski definition) is 4. The van der Waals surface area contributed by atoms with E-state index in [9.17, 15) is 13.6 Å². The van der Waals surface area contributed by atoms with Gasteiger partial charge in [0, 0.05) is 19.5 Å². The predicted molar refractivity (Wildman–Crippen MR) is 71.5 cm³/mol. The first-order chi connectivity index (χ1) is 9.91. The number of rotatable bonds is 6. The van der Waals surface area contributed by atoms with Gasteiger partial charge in [-0.1, -0.05) is 0 Å². The zero-order valence-corrected chi connectivity index (χ0v) is 11.6. The molecule has 1 N–H and O–H groups in total. The summed E-state index contributed by atoms with van der Waals surface area (Å²) >= 11 is 0. The molecule has 1 aromatic rings. The van der Waals surface area contributed by atoms with Gasteiger partial charge in [0.25, 0.3) is 5.92 Å². The van der Waals surface area contributed by atoms with E-state index in [2.05, 4.69) is 0 Å². The van der Waals surface area contributed by atoms with Gasteiger partial charge in [-0.25, -0.2) is 13.6 Å². The van der Waals surface area contributed by atoms with Gasteiger partial charge in [-0.05, 0) is 18.2 Å². The Balaban J connectivity index is 1.90. The number of nitrogens with zero attached hydrogens (tertiary/aromatic N) is 1. The number of likely N-dealkylation sites (tertiary alicyclic amines) is 1. The molecular weight excluding hydrogens is 284 g/mol. The summed E-state index contributed by atoms with van der Waals surface area (Å²) in [7, 11) is 1.41. The molecule has 0 aromatic heterocycles. The van der Waals surface area contributed by atoms with E-state index in [0.717, 1.165) is 0 Å². The van der Waals surface area contributed by atoms with Crippen LogP contribution in [0.2, 0.25) is 0 Å². The molecule has 0 aliphatic carbocycles. The molecule has 7 heteroatoms. The van der Waals surface area contributed by atoms with E-state index >= 15 is 0 Å². The number of methoxy groups -OCH3 is 1. The molecule has 0 atom stereocenters. The van der Waals surface area contributed by atoms with Gasteiger partial charge in [0.15, 0.2) is 11.5 Å². The van der Waals surface area contributed by atoms with Gasteiger partial charge < -0.3 is 14.6 Å². The fourth-order valence-corrected chi connectivity index (χ4v) is 2.20. The van der Waals surface area contributed by atoms with Gasteiger partial charge in [-0.2, -0.15) is 0 Å². The van der Waals surface area contributed by atoms with Crippen LogP contribution < -0.4 is 9.47 Å². The molecule has 2 rings (SSSR count). The van der Waals surface area contributed by atoms with Crippen molar-refractivity contribution in [2.45, 2.75) is 12.3 Å². The van der Waals surface area contributed by atoms with Crippen LogP contribution in [0.25, 0.3) is 0 Å². The SMILES string of the molecule is COc1cc(C(=O)O)ccc1OCCN1CCC(F)(F)C1.